The number of rotatable bonds is 3. The lowest BCUT2D eigenvalue weighted by Gasteiger charge is -2.28. The summed E-state index contributed by atoms with van der Waals surface area (Å²) in [5.74, 6) is 0. The molecule has 0 fully saturated rings. The molecule has 0 radical (unpaired) electrons. The Balaban J connectivity index is 1.34. The van der Waals surface area contributed by atoms with E-state index >= 15 is 0 Å². The van der Waals surface area contributed by atoms with E-state index in [1.807, 2.05) is 0 Å². The first-order valence-electron chi connectivity index (χ1n) is 25.6. The molecule has 0 heteroatoms. The van der Waals surface area contributed by atoms with Gasteiger partial charge in [0.05, 0.1) is 0 Å². The summed E-state index contributed by atoms with van der Waals surface area (Å²) in [5.41, 5.74) is 13.0. The quantitative estimate of drug-likeness (QED) is 0.155. The van der Waals surface area contributed by atoms with Crippen LogP contribution in [0.15, 0.2) is 158 Å². The summed E-state index contributed by atoms with van der Waals surface area (Å²) in [6.07, 6.45) is 0. The average molecular weight is 903 g/mol. The number of fused-ring (bicyclic) bond motifs is 7. The Morgan fingerprint density at radius 2 is 0.671 bits per heavy atom. The van der Waals surface area contributed by atoms with Crippen molar-refractivity contribution in [3.63, 3.8) is 0 Å². The van der Waals surface area contributed by atoms with E-state index in [2.05, 4.69) is 241 Å². The van der Waals surface area contributed by atoms with E-state index in [1.54, 1.807) is 0 Å². The largest absolute Gasteiger partial charge is 0.0622 e. The van der Waals surface area contributed by atoms with Crippen LogP contribution in [0.25, 0.3) is 130 Å². The van der Waals surface area contributed by atoms with Crippen molar-refractivity contribution < 1.29 is 0 Å². The van der Waals surface area contributed by atoms with Crippen molar-refractivity contribution >= 4 is 97.0 Å². The first kappa shape index (κ1) is 43.0. The molecule has 0 heterocycles. The summed E-state index contributed by atoms with van der Waals surface area (Å²) < 4.78 is 0. The van der Waals surface area contributed by atoms with Gasteiger partial charge in [-0.25, -0.2) is 0 Å². The lowest BCUT2D eigenvalue weighted by atomic mass is 9.76. The van der Waals surface area contributed by atoms with E-state index in [1.165, 1.54) is 153 Å². The zero-order chi connectivity index (χ0) is 48.6. The van der Waals surface area contributed by atoms with Crippen LogP contribution < -0.4 is 0 Å². The lowest BCUT2D eigenvalue weighted by Crippen LogP contribution is -2.16. The summed E-state index contributed by atoms with van der Waals surface area (Å²) in [5, 5.41) is 24.0. The zero-order valence-corrected chi connectivity index (χ0v) is 43.0. The van der Waals surface area contributed by atoms with Crippen LogP contribution in [0.1, 0.15) is 105 Å². The third kappa shape index (κ3) is 6.27. The molecule has 0 saturated heterocycles. The first-order chi connectivity index (χ1) is 33.2. The van der Waals surface area contributed by atoms with Crippen molar-refractivity contribution in [2.45, 2.75) is 105 Å². The molecule has 13 aromatic rings. The number of benzene rings is 11. The smallest absolute Gasteiger partial charge is 0.000718 e. The van der Waals surface area contributed by atoms with Gasteiger partial charge in [-0.2, -0.15) is 0 Å². The summed E-state index contributed by atoms with van der Waals surface area (Å²) in [6.45, 7) is 28.5. The van der Waals surface area contributed by atoms with Gasteiger partial charge in [0.1, 0.15) is 0 Å². The molecule has 0 bridgehead atoms. The molecule has 13 rings (SSSR count). The van der Waals surface area contributed by atoms with Crippen molar-refractivity contribution in [1.82, 2.24) is 0 Å². The lowest BCUT2D eigenvalue weighted by molar-refractivity contribution is 0.568. The maximum atomic E-state index is 2.61. The van der Waals surface area contributed by atoms with Gasteiger partial charge in [-0.1, -0.05) is 210 Å². The second-order valence-corrected chi connectivity index (χ2v) is 25.0. The highest BCUT2D eigenvalue weighted by Gasteiger charge is 2.30. The van der Waals surface area contributed by atoms with Crippen LogP contribution in [0.4, 0.5) is 0 Å². The summed E-state index contributed by atoms with van der Waals surface area (Å²) in [7, 11) is 0. The Bertz CT molecular complexity index is 4210. The Labute approximate surface area is 413 Å². The fraction of sp³-hybridized carbons (Fsp3) is 0.229. The van der Waals surface area contributed by atoms with Crippen molar-refractivity contribution in [1.29, 1.82) is 0 Å². The summed E-state index contributed by atoms with van der Waals surface area (Å²) in [4.78, 5) is 0. The van der Waals surface area contributed by atoms with E-state index in [9.17, 15) is 0 Å². The van der Waals surface area contributed by atoms with Crippen molar-refractivity contribution in [2.75, 3.05) is 0 Å². The van der Waals surface area contributed by atoms with E-state index < -0.39 is 0 Å². The normalized spacial score (nSPS) is 13.4. The van der Waals surface area contributed by atoms with Gasteiger partial charge >= 0.3 is 0 Å². The molecule has 0 saturated carbocycles. The molecule has 0 aliphatic rings. The van der Waals surface area contributed by atoms with Crippen LogP contribution in [0.5, 0.6) is 0 Å². The van der Waals surface area contributed by atoms with Crippen LogP contribution in [0.3, 0.4) is 0 Å². The van der Waals surface area contributed by atoms with Gasteiger partial charge in [0.15, 0.2) is 0 Å². The van der Waals surface area contributed by atoms with Crippen LogP contribution in [-0.4, -0.2) is 0 Å². The Kier molecular flexibility index (Phi) is 8.79. The third-order valence-corrected chi connectivity index (χ3v) is 16.2. The van der Waals surface area contributed by atoms with Gasteiger partial charge in [-0.05, 0) is 205 Å². The van der Waals surface area contributed by atoms with Crippen molar-refractivity contribution in [2.24, 2.45) is 0 Å². The molecule has 0 atom stereocenters. The fourth-order valence-electron chi connectivity index (χ4n) is 12.3. The topological polar surface area (TPSA) is 0 Å². The highest BCUT2D eigenvalue weighted by molar-refractivity contribution is 6.46. The number of hydrogen-bond donors (Lipinski definition) is 0. The SMILES string of the molecule is CC(C)(C)c1cc(-c2c3cc4c(cc3c(-c3cc(C(C)(C)C)cc(C(C)(C)C)c3)c3c5cc6cc(-c7ccccc7)cc7ccc8ccc(c23)c5c8c76)c2cccc3cccc4c32)cc(C(C)(C)C)c1. The first-order valence-corrected chi connectivity index (χ1v) is 25.6. The minimum absolute atomic E-state index is 0.0595. The second kappa shape index (κ2) is 14.3. The maximum Gasteiger partial charge on any atom is -0.000718 e. The molecule has 0 aliphatic carbocycles. The van der Waals surface area contributed by atoms with Gasteiger partial charge in [0, 0.05) is 0 Å². The van der Waals surface area contributed by atoms with Gasteiger partial charge in [-0.15, -0.1) is 0 Å². The van der Waals surface area contributed by atoms with Gasteiger partial charge in [-0.3, -0.25) is 0 Å². The third-order valence-electron chi connectivity index (χ3n) is 16.2. The van der Waals surface area contributed by atoms with Crippen molar-refractivity contribution in [3.05, 3.63) is 180 Å². The molecule has 342 valence electrons. The van der Waals surface area contributed by atoms with E-state index in [0.29, 0.717) is 0 Å². The minimum atomic E-state index is -0.0636. The molecule has 70 heavy (non-hydrogen) atoms. The zero-order valence-electron chi connectivity index (χ0n) is 43.0. The summed E-state index contributed by atoms with van der Waals surface area (Å²) in [6, 6.07) is 62.2. The number of hydrogen-bond acceptors (Lipinski definition) is 0. The second-order valence-electron chi connectivity index (χ2n) is 25.0. The van der Waals surface area contributed by atoms with E-state index in [0.717, 1.165) is 0 Å². The molecule has 0 aliphatic heterocycles. The molecule has 0 amide bonds. The van der Waals surface area contributed by atoms with Gasteiger partial charge in [0.25, 0.3) is 0 Å². The summed E-state index contributed by atoms with van der Waals surface area (Å²) >= 11 is 0. The fourth-order valence-corrected chi connectivity index (χ4v) is 12.3. The van der Waals surface area contributed by atoms with Crippen LogP contribution in [0, 0.1) is 0 Å². The highest BCUT2D eigenvalue weighted by Crippen LogP contribution is 2.56. The molecular formula is C70H62. The average Bonchev–Trinajstić information content (AvgIpc) is 3.81. The van der Waals surface area contributed by atoms with Gasteiger partial charge in [0.2, 0.25) is 0 Å². The van der Waals surface area contributed by atoms with E-state index in [4.69, 9.17) is 0 Å². The predicted octanol–water partition coefficient (Wildman–Crippen LogP) is 20.6. The standard InChI is InChI=1S/C70H62/c1-67(2,3)47-30-45(31-48(35-47)68(4,5)6)61-56-37-54-51-22-16-20-40-21-17-23-52(60(40)51)55(54)38-57(56)62(46-32-49(69(7,8)9)36-50(33-46)70(10,11)12)66-58-34-44-29-43(39-18-14-13-15-19-39)28-42-25-24-41-26-27-53(65(61)66)64(58)63(41)59(42)44/h13-38H,1-12H3. The molecule has 0 aromatic heterocycles. The van der Waals surface area contributed by atoms with Crippen LogP contribution in [-0.2, 0) is 21.7 Å². The molecule has 0 nitrogen and oxygen atoms in total. The molecule has 0 N–H and O–H groups in total. The van der Waals surface area contributed by atoms with Crippen LogP contribution in [0.2, 0.25) is 0 Å². The Morgan fingerprint density at radius 1 is 0.214 bits per heavy atom. The Morgan fingerprint density at radius 3 is 1.19 bits per heavy atom. The molecule has 0 spiro atoms. The van der Waals surface area contributed by atoms with Crippen molar-refractivity contribution in [3.8, 4) is 33.4 Å². The molecule has 13 aromatic carbocycles. The highest BCUT2D eigenvalue weighted by atomic mass is 14.3. The van der Waals surface area contributed by atoms with Gasteiger partial charge < -0.3 is 0 Å². The molecule has 0 unspecified atom stereocenters. The maximum absolute atomic E-state index is 2.61. The van der Waals surface area contributed by atoms with E-state index in [-0.39, 0.29) is 21.7 Å². The minimum Gasteiger partial charge on any atom is -0.0622 e. The monoisotopic (exact) mass is 902 g/mol. The predicted molar refractivity (Wildman–Crippen MR) is 309 cm³/mol. The van der Waals surface area contributed by atoms with Crippen LogP contribution >= 0.6 is 0 Å². The molecular weight excluding hydrogens is 841 g/mol. The Hall–Kier alpha value is -7.02.